The van der Waals surface area contributed by atoms with Gasteiger partial charge in [0.25, 0.3) is 0 Å². The van der Waals surface area contributed by atoms with Gasteiger partial charge in [-0.25, -0.2) is 0 Å². The number of para-hydroxylation sites is 2. The van der Waals surface area contributed by atoms with Crippen LogP contribution in [-0.4, -0.2) is 56.0 Å². The first-order valence-corrected chi connectivity index (χ1v) is 7.46. The zero-order valence-electron chi connectivity index (χ0n) is 12.9. The van der Waals surface area contributed by atoms with Crippen LogP contribution < -0.4 is 10.5 Å². The average Bonchev–Trinajstić information content (AvgIpc) is 2.86. The van der Waals surface area contributed by atoms with Crippen LogP contribution in [0.15, 0.2) is 24.3 Å². The average molecular weight is 291 g/mol. The molecule has 1 saturated heterocycles. The number of amides is 1. The van der Waals surface area contributed by atoms with E-state index in [1.165, 1.54) is 6.42 Å². The number of benzene rings is 1. The first-order valence-electron chi connectivity index (χ1n) is 7.46. The van der Waals surface area contributed by atoms with Crippen LogP contribution in [0.25, 0.3) is 0 Å². The van der Waals surface area contributed by atoms with Crippen molar-refractivity contribution >= 4 is 11.6 Å². The van der Waals surface area contributed by atoms with Gasteiger partial charge in [-0.2, -0.15) is 0 Å². The van der Waals surface area contributed by atoms with Crippen LogP contribution in [-0.2, 0) is 4.79 Å². The summed E-state index contributed by atoms with van der Waals surface area (Å²) in [6.45, 7) is 3.40. The number of rotatable bonds is 6. The maximum atomic E-state index is 12.1. The van der Waals surface area contributed by atoms with Crippen molar-refractivity contribution in [3.05, 3.63) is 24.3 Å². The van der Waals surface area contributed by atoms with Crippen LogP contribution >= 0.6 is 0 Å². The number of nitrogen functional groups attached to an aromatic ring is 1. The summed E-state index contributed by atoms with van der Waals surface area (Å²) in [4.78, 5) is 16.2. The van der Waals surface area contributed by atoms with E-state index in [0.717, 1.165) is 19.6 Å². The number of nitrogens with zero attached hydrogens (tertiary/aromatic N) is 2. The number of ether oxygens (including phenoxy) is 1. The highest BCUT2D eigenvalue weighted by Crippen LogP contribution is 2.20. The third kappa shape index (κ3) is 4.63. The maximum absolute atomic E-state index is 12.1. The Hall–Kier alpha value is -1.75. The third-order valence-electron chi connectivity index (χ3n) is 3.94. The molecule has 1 heterocycles. The van der Waals surface area contributed by atoms with Gasteiger partial charge in [-0.3, -0.25) is 4.79 Å². The summed E-state index contributed by atoms with van der Waals surface area (Å²) in [7, 11) is 4.00. The van der Waals surface area contributed by atoms with E-state index in [1.807, 2.05) is 30.1 Å². The second-order valence-electron chi connectivity index (χ2n) is 5.83. The van der Waals surface area contributed by atoms with Crippen molar-refractivity contribution in [1.82, 2.24) is 9.80 Å². The molecule has 21 heavy (non-hydrogen) atoms. The zero-order valence-corrected chi connectivity index (χ0v) is 12.9. The Balaban J connectivity index is 1.70. The first kappa shape index (κ1) is 15.6. The van der Waals surface area contributed by atoms with Crippen LogP contribution in [0.2, 0.25) is 0 Å². The normalized spacial score (nSPS) is 18.7. The summed E-state index contributed by atoms with van der Waals surface area (Å²) in [6.07, 6.45) is 1.55. The van der Waals surface area contributed by atoms with Crippen LogP contribution in [0.5, 0.6) is 5.75 Å². The minimum atomic E-state index is 0.124. The Bertz CT molecular complexity index is 478. The molecule has 0 bridgehead atoms. The van der Waals surface area contributed by atoms with Crippen molar-refractivity contribution in [3.63, 3.8) is 0 Å². The number of hydrogen-bond donors (Lipinski definition) is 1. The van der Waals surface area contributed by atoms with Gasteiger partial charge in [0.1, 0.15) is 5.75 Å². The van der Waals surface area contributed by atoms with Gasteiger partial charge in [0.05, 0.1) is 18.7 Å². The first-order chi connectivity index (χ1) is 10.1. The molecule has 2 rings (SSSR count). The van der Waals surface area contributed by atoms with E-state index in [-0.39, 0.29) is 5.91 Å². The summed E-state index contributed by atoms with van der Waals surface area (Å²) in [5, 5.41) is 0. The minimum Gasteiger partial charge on any atom is -0.491 e. The van der Waals surface area contributed by atoms with E-state index in [2.05, 4.69) is 11.9 Å². The Morgan fingerprint density at radius 3 is 2.90 bits per heavy atom. The van der Waals surface area contributed by atoms with E-state index in [4.69, 9.17) is 10.5 Å². The van der Waals surface area contributed by atoms with Crippen molar-refractivity contribution < 1.29 is 9.53 Å². The van der Waals surface area contributed by atoms with Gasteiger partial charge < -0.3 is 20.3 Å². The molecule has 0 aliphatic carbocycles. The van der Waals surface area contributed by atoms with Gasteiger partial charge in [0.15, 0.2) is 0 Å². The summed E-state index contributed by atoms with van der Waals surface area (Å²) in [5.41, 5.74) is 6.40. The highest BCUT2D eigenvalue weighted by atomic mass is 16.5. The maximum Gasteiger partial charge on any atom is 0.225 e. The third-order valence-corrected chi connectivity index (χ3v) is 3.94. The Labute approximate surface area is 126 Å². The lowest BCUT2D eigenvalue weighted by atomic mass is 10.1. The molecule has 1 aliphatic heterocycles. The van der Waals surface area contributed by atoms with Crippen molar-refractivity contribution in [2.45, 2.75) is 12.8 Å². The van der Waals surface area contributed by atoms with E-state index >= 15 is 0 Å². The molecule has 5 heteroatoms. The second kappa shape index (κ2) is 7.31. The fourth-order valence-electron chi connectivity index (χ4n) is 2.72. The topological polar surface area (TPSA) is 58.8 Å². The summed E-state index contributed by atoms with van der Waals surface area (Å²) < 4.78 is 5.56. The number of likely N-dealkylation sites (tertiary alicyclic amines) is 1. The fraction of sp³-hybridized carbons (Fsp3) is 0.562. The number of anilines is 1. The number of hydrogen-bond acceptors (Lipinski definition) is 4. The highest BCUT2D eigenvalue weighted by Gasteiger charge is 2.22. The predicted molar refractivity (Wildman–Crippen MR) is 84.2 cm³/mol. The SMILES string of the molecule is CN1CCC(CN(C)C(=O)CCOc2ccccc2N)C1. The largest absolute Gasteiger partial charge is 0.491 e. The van der Waals surface area contributed by atoms with Gasteiger partial charge in [-0.05, 0) is 38.1 Å². The molecule has 1 aromatic rings. The van der Waals surface area contributed by atoms with Crippen molar-refractivity contribution in [2.75, 3.05) is 46.1 Å². The summed E-state index contributed by atoms with van der Waals surface area (Å²) in [5.74, 6) is 1.36. The van der Waals surface area contributed by atoms with Gasteiger partial charge in [-0.15, -0.1) is 0 Å². The monoisotopic (exact) mass is 291 g/mol. The van der Waals surface area contributed by atoms with Crippen LogP contribution in [0.4, 0.5) is 5.69 Å². The van der Waals surface area contributed by atoms with E-state index < -0.39 is 0 Å². The van der Waals surface area contributed by atoms with E-state index in [1.54, 1.807) is 6.07 Å². The van der Waals surface area contributed by atoms with Gasteiger partial charge in [0.2, 0.25) is 5.91 Å². The van der Waals surface area contributed by atoms with Crippen LogP contribution in [0, 0.1) is 5.92 Å². The van der Waals surface area contributed by atoms with Gasteiger partial charge in [-0.1, -0.05) is 12.1 Å². The molecule has 0 saturated carbocycles. The number of carbonyl (C=O) groups excluding carboxylic acids is 1. The molecule has 5 nitrogen and oxygen atoms in total. The molecule has 0 spiro atoms. The van der Waals surface area contributed by atoms with Gasteiger partial charge in [0, 0.05) is 20.1 Å². The lowest BCUT2D eigenvalue weighted by Gasteiger charge is -2.21. The summed E-state index contributed by atoms with van der Waals surface area (Å²) >= 11 is 0. The molecule has 1 aliphatic rings. The quantitative estimate of drug-likeness (QED) is 0.806. The minimum absolute atomic E-state index is 0.124. The van der Waals surface area contributed by atoms with E-state index in [0.29, 0.717) is 30.4 Å². The van der Waals surface area contributed by atoms with Crippen molar-refractivity contribution in [3.8, 4) is 5.75 Å². The standard InChI is InChI=1S/C16H25N3O2/c1-18-9-7-13(11-18)12-19(2)16(20)8-10-21-15-6-4-3-5-14(15)17/h3-6,13H,7-12,17H2,1-2H3. The Kier molecular flexibility index (Phi) is 5.44. The fourth-order valence-corrected chi connectivity index (χ4v) is 2.72. The molecule has 116 valence electrons. The molecule has 0 aromatic heterocycles. The lowest BCUT2D eigenvalue weighted by Crippen LogP contribution is -2.33. The highest BCUT2D eigenvalue weighted by molar-refractivity contribution is 5.76. The molecule has 0 radical (unpaired) electrons. The van der Waals surface area contributed by atoms with Crippen LogP contribution in [0.3, 0.4) is 0 Å². The van der Waals surface area contributed by atoms with Crippen molar-refractivity contribution in [1.29, 1.82) is 0 Å². The molecule has 1 aromatic carbocycles. The van der Waals surface area contributed by atoms with Gasteiger partial charge >= 0.3 is 0 Å². The lowest BCUT2D eigenvalue weighted by molar-refractivity contribution is -0.130. The predicted octanol–water partition coefficient (Wildman–Crippen LogP) is 1.45. The Morgan fingerprint density at radius 2 is 2.24 bits per heavy atom. The second-order valence-corrected chi connectivity index (χ2v) is 5.83. The number of nitrogens with two attached hydrogens (primary N) is 1. The molecule has 1 amide bonds. The van der Waals surface area contributed by atoms with Crippen molar-refractivity contribution in [2.24, 2.45) is 5.92 Å². The molecular weight excluding hydrogens is 266 g/mol. The zero-order chi connectivity index (χ0) is 15.2. The van der Waals surface area contributed by atoms with E-state index in [9.17, 15) is 4.79 Å². The smallest absolute Gasteiger partial charge is 0.225 e. The molecule has 2 N–H and O–H groups in total. The Morgan fingerprint density at radius 1 is 1.48 bits per heavy atom. The molecule has 1 atom stereocenters. The molecule has 1 unspecified atom stereocenters. The number of carbonyl (C=O) groups is 1. The molecular formula is C16H25N3O2. The van der Waals surface area contributed by atoms with Crippen LogP contribution in [0.1, 0.15) is 12.8 Å². The molecule has 1 fully saturated rings. The summed E-state index contributed by atoms with van der Waals surface area (Å²) in [6, 6.07) is 7.34.